The van der Waals surface area contributed by atoms with Crippen molar-refractivity contribution in [3.63, 3.8) is 0 Å². The zero-order valence-electron chi connectivity index (χ0n) is 8.73. The summed E-state index contributed by atoms with van der Waals surface area (Å²) in [6, 6.07) is 8.10. The van der Waals surface area contributed by atoms with E-state index >= 15 is 0 Å². The maximum Gasteiger partial charge on any atom is 0.130 e. The minimum atomic E-state index is -0.267. The van der Waals surface area contributed by atoms with Crippen LogP contribution in [0.25, 0.3) is 11.3 Å². The van der Waals surface area contributed by atoms with Crippen LogP contribution in [0.5, 0.6) is 0 Å². The average Bonchev–Trinajstić information content (AvgIpc) is 2.30. The minimum absolute atomic E-state index is 0.267. The zero-order valence-corrected chi connectivity index (χ0v) is 8.73. The molecule has 2 rings (SSSR count). The quantitative estimate of drug-likeness (QED) is 0.852. The summed E-state index contributed by atoms with van der Waals surface area (Å²) in [5, 5.41) is 0. The molecule has 0 spiro atoms. The lowest BCUT2D eigenvalue weighted by Gasteiger charge is -2.03. The van der Waals surface area contributed by atoms with Gasteiger partial charge in [-0.15, -0.1) is 0 Å². The summed E-state index contributed by atoms with van der Waals surface area (Å²) in [7, 11) is 0. The smallest absolute Gasteiger partial charge is 0.130 e. The van der Waals surface area contributed by atoms with Gasteiger partial charge >= 0.3 is 0 Å². The highest BCUT2D eigenvalue weighted by atomic mass is 19.1. The molecule has 82 valence electrons. The summed E-state index contributed by atoms with van der Waals surface area (Å²) in [5.41, 5.74) is 6.90. The maximum atomic E-state index is 13.0. The van der Waals surface area contributed by atoms with Gasteiger partial charge in [0.15, 0.2) is 0 Å². The van der Waals surface area contributed by atoms with E-state index < -0.39 is 0 Å². The van der Waals surface area contributed by atoms with Crippen LogP contribution in [0.3, 0.4) is 0 Å². The molecule has 0 radical (unpaired) electrons. The van der Waals surface area contributed by atoms with Gasteiger partial charge in [-0.25, -0.2) is 14.4 Å². The Bertz CT molecular complexity index is 485. The highest BCUT2D eigenvalue weighted by Crippen LogP contribution is 2.17. The number of nitrogens with zero attached hydrogens (tertiary/aromatic N) is 2. The van der Waals surface area contributed by atoms with Gasteiger partial charge in [0, 0.05) is 18.2 Å². The van der Waals surface area contributed by atoms with Gasteiger partial charge in [0.1, 0.15) is 11.6 Å². The number of hydrogen-bond acceptors (Lipinski definition) is 3. The first kappa shape index (κ1) is 10.7. The van der Waals surface area contributed by atoms with Gasteiger partial charge in [0.25, 0.3) is 0 Å². The van der Waals surface area contributed by atoms with Gasteiger partial charge in [0.2, 0.25) is 0 Å². The van der Waals surface area contributed by atoms with Crippen LogP contribution in [-0.2, 0) is 6.42 Å². The van der Waals surface area contributed by atoms with Crippen molar-refractivity contribution in [1.29, 1.82) is 0 Å². The van der Waals surface area contributed by atoms with Gasteiger partial charge in [-0.2, -0.15) is 0 Å². The molecule has 1 aromatic carbocycles. The lowest BCUT2D eigenvalue weighted by Crippen LogP contribution is -2.06. The number of rotatable bonds is 3. The molecule has 0 saturated carbocycles. The molecule has 0 aliphatic heterocycles. The van der Waals surface area contributed by atoms with E-state index in [0.29, 0.717) is 18.8 Å². The fraction of sp³-hybridized carbons (Fsp3) is 0.167. The fourth-order valence-electron chi connectivity index (χ4n) is 1.46. The van der Waals surface area contributed by atoms with Crippen LogP contribution < -0.4 is 5.73 Å². The first-order valence-corrected chi connectivity index (χ1v) is 5.07. The van der Waals surface area contributed by atoms with E-state index in [1.165, 1.54) is 12.1 Å². The van der Waals surface area contributed by atoms with Crippen molar-refractivity contribution < 1.29 is 4.39 Å². The first-order chi connectivity index (χ1) is 7.79. The third-order valence-electron chi connectivity index (χ3n) is 2.19. The van der Waals surface area contributed by atoms with Crippen molar-refractivity contribution in [2.24, 2.45) is 5.73 Å². The molecule has 3 nitrogen and oxygen atoms in total. The van der Waals surface area contributed by atoms with Crippen molar-refractivity contribution in [2.45, 2.75) is 6.42 Å². The first-order valence-electron chi connectivity index (χ1n) is 5.07. The summed E-state index contributed by atoms with van der Waals surface area (Å²) in [4.78, 5) is 8.41. The summed E-state index contributed by atoms with van der Waals surface area (Å²) < 4.78 is 13.0. The molecule has 0 fully saturated rings. The number of hydrogen-bond donors (Lipinski definition) is 1. The van der Waals surface area contributed by atoms with E-state index in [1.54, 1.807) is 18.3 Å². The van der Waals surface area contributed by atoms with Crippen LogP contribution in [-0.4, -0.2) is 16.5 Å². The Morgan fingerprint density at radius 2 is 2.12 bits per heavy atom. The fourth-order valence-corrected chi connectivity index (χ4v) is 1.46. The van der Waals surface area contributed by atoms with Gasteiger partial charge in [-0.05, 0) is 24.7 Å². The molecular formula is C12H12FN3. The summed E-state index contributed by atoms with van der Waals surface area (Å²) in [6.07, 6.45) is 2.29. The van der Waals surface area contributed by atoms with Crippen molar-refractivity contribution in [3.8, 4) is 11.3 Å². The largest absolute Gasteiger partial charge is 0.330 e. The van der Waals surface area contributed by atoms with E-state index in [4.69, 9.17) is 5.73 Å². The third-order valence-corrected chi connectivity index (χ3v) is 2.19. The molecule has 0 amide bonds. The normalized spacial score (nSPS) is 10.4. The summed E-state index contributed by atoms with van der Waals surface area (Å²) in [5.74, 6) is 0.417. The Morgan fingerprint density at radius 1 is 1.25 bits per heavy atom. The number of nitrogens with two attached hydrogens (primary N) is 1. The topological polar surface area (TPSA) is 51.8 Å². The Morgan fingerprint density at radius 3 is 2.88 bits per heavy atom. The van der Waals surface area contributed by atoms with Crippen LogP contribution in [0.1, 0.15) is 5.82 Å². The van der Waals surface area contributed by atoms with E-state index in [1.807, 2.05) is 6.07 Å². The van der Waals surface area contributed by atoms with Gasteiger partial charge in [-0.1, -0.05) is 12.1 Å². The molecule has 4 heteroatoms. The van der Waals surface area contributed by atoms with E-state index in [2.05, 4.69) is 9.97 Å². The SMILES string of the molecule is NCCc1nccc(-c2cccc(F)c2)n1. The number of aromatic nitrogens is 2. The second-order valence-electron chi connectivity index (χ2n) is 3.41. The molecule has 0 unspecified atom stereocenters. The second-order valence-corrected chi connectivity index (χ2v) is 3.41. The predicted octanol–water partition coefficient (Wildman–Crippen LogP) is 1.78. The minimum Gasteiger partial charge on any atom is -0.330 e. The van der Waals surface area contributed by atoms with E-state index in [-0.39, 0.29) is 5.82 Å². The van der Waals surface area contributed by atoms with Gasteiger partial charge in [0.05, 0.1) is 5.69 Å². The molecular weight excluding hydrogens is 205 g/mol. The molecule has 0 atom stereocenters. The Hall–Kier alpha value is -1.81. The maximum absolute atomic E-state index is 13.0. The highest BCUT2D eigenvalue weighted by molar-refractivity contribution is 5.58. The molecule has 0 aliphatic carbocycles. The average molecular weight is 217 g/mol. The Labute approximate surface area is 93.2 Å². The molecule has 0 saturated heterocycles. The Kier molecular flexibility index (Phi) is 3.22. The van der Waals surface area contributed by atoms with Crippen LogP contribution in [0.2, 0.25) is 0 Å². The third kappa shape index (κ3) is 2.41. The van der Waals surface area contributed by atoms with E-state index in [9.17, 15) is 4.39 Å². The van der Waals surface area contributed by atoms with Crippen LogP contribution in [0, 0.1) is 5.82 Å². The predicted molar refractivity (Wildman–Crippen MR) is 60.2 cm³/mol. The molecule has 1 heterocycles. The lowest BCUT2D eigenvalue weighted by molar-refractivity contribution is 0.628. The van der Waals surface area contributed by atoms with Crippen molar-refractivity contribution >= 4 is 0 Å². The van der Waals surface area contributed by atoms with E-state index in [0.717, 1.165) is 11.3 Å². The van der Waals surface area contributed by atoms with Crippen LogP contribution in [0.4, 0.5) is 4.39 Å². The van der Waals surface area contributed by atoms with Crippen LogP contribution in [0.15, 0.2) is 36.5 Å². The number of benzene rings is 1. The van der Waals surface area contributed by atoms with Crippen molar-refractivity contribution in [3.05, 3.63) is 48.2 Å². The van der Waals surface area contributed by atoms with Gasteiger partial charge in [-0.3, -0.25) is 0 Å². The standard InChI is InChI=1S/C12H12FN3/c13-10-3-1-2-9(8-10)11-5-7-15-12(16-11)4-6-14/h1-3,5,7-8H,4,6,14H2. The Balaban J connectivity index is 2.36. The van der Waals surface area contributed by atoms with Crippen molar-refractivity contribution in [2.75, 3.05) is 6.54 Å². The molecule has 0 aliphatic rings. The molecule has 0 bridgehead atoms. The number of halogens is 1. The molecule has 1 aromatic heterocycles. The molecule has 2 aromatic rings. The molecule has 2 N–H and O–H groups in total. The summed E-state index contributed by atoms with van der Waals surface area (Å²) in [6.45, 7) is 0.507. The summed E-state index contributed by atoms with van der Waals surface area (Å²) >= 11 is 0. The zero-order chi connectivity index (χ0) is 11.4. The lowest BCUT2D eigenvalue weighted by atomic mass is 10.1. The monoisotopic (exact) mass is 217 g/mol. The van der Waals surface area contributed by atoms with Gasteiger partial charge < -0.3 is 5.73 Å². The second kappa shape index (κ2) is 4.81. The highest BCUT2D eigenvalue weighted by Gasteiger charge is 2.02. The van der Waals surface area contributed by atoms with Crippen molar-refractivity contribution in [1.82, 2.24) is 9.97 Å². The molecule has 16 heavy (non-hydrogen) atoms. The van der Waals surface area contributed by atoms with Crippen LogP contribution >= 0.6 is 0 Å².